The third-order valence-corrected chi connectivity index (χ3v) is 4.25. The van der Waals surface area contributed by atoms with E-state index in [1.165, 1.54) is 18.2 Å². The molecule has 0 aliphatic heterocycles. The zero-order valence-electron chi connectivity index (χ0n) is 12.1. The van der Waals surface area contributed by atoms with Crippen LogP contribution in [0.1, 0.15) is 18.9 Å². The Labute approximate surface area is 128 Å². The van der Waals surface area contributed by atoms with Gasteiger partial charge in [0.15, 0.2) is 5.82 Å². The van der Waals surface area contributed by atoms with Gasteiger partial charge in [-0.3, -0.25) is 4.72 Å². The fraction of sp³-hybridized carbons (Fsp3) is 0.286. The second-order valence-electron chi connectivity index (χ2n) is 4.70. The predicted molar refractivity (Wildman–Crippen MR) is 83.5 cm³/mol. The summed E-state index contributed by atoms with van der Waals surface area (Å²) >= 11 is 0. The minimum Gasteiger partial charge on any atom is -0.365 e. The lowest BCUT2D eigenvalue weighted by atomic mass is 10.2. The first-order valence-corrected chi connectivity index (χ1v) is 8.46. The third kappa shape index (κ3) is 4.96. The molecular weight excluding hydrogens is 307 g/mol. The summed E-state index contributed by atoms with van der Waals surface area (Å²) in [6, 6.07) is 9.27. The fourth-order valence-electron chi connectivity index (χ4n) is 1.75. The Kier molecular flexibility index (Phi) is 5.26. The molecule has 6 nitrogen and oxygen atoms in total. The van der Waals surface area contributed by atoms with E-state index in [-0.39, 0.29) is 17.4 Å². The van der Waals surface area contributed by atoms with Crippen LogP contribution in [0.4, 0.5) is 16.0 Å². The van der Waals surface area contributed by atoms with Crippen LogP contribution in [0.2, 0.25) is 0 Å². The molecule has 8 heteroatoms. The quantitative estimate of drug-likeness (QED) is 0.817. The van der Waals surface area contributed by atoms with Gasteiger partial charge in [-0.15, -0.1) is 10.2 Å². The molecule has 0 amide bonds. The Balaban J connectivity index is 1.93. The lowest BCUT2D eigenvalue weighted by Gasteiger charge is -2.07. The summed E-state index contributed by atoms with van der Waals surface area (Å²) in [4.78, 5) is 0. The maximum absolute atomic E-state index is 12.8. The number of rotatable bonds is 7. The van der Waals surface area contributed by atoms with E-state index in [1.54, 1.807) is 25.1 Å². The standard InChI is InChI=1S/C14H17FN4O2S/c1-2-9-22(20,21)19-14-8-7-13(17-18-14)16-10-11-3-5-12(15)6-4-11/h3-8H,2,9-10H2,1H3,(H,16,17)(H,18,19). The highest BCUT2D eigenvalue weighted by Crippen LogP contribution is 2.10. The van der Waals surface area contributed by atoms with Crippen LogP contribution in [0.3, 0.4) is 0 Å². The van der Waals surface area contributed by atoms with Crippen molar-refractivity contribution in [2.45, 2.75) is 19.9 Å². The molecule has 0 aliphatic rings. The van der Waals surface area contributed by atoms with Crippen LogP contribution in [-0.4, -0.2) is 24.4 Å². The van der Waals surface area contributed by atoms with E-state index in [0.717, 1.165) is 5.56 Å². The summed E-state index contributed by atoms with van der Waals surface area (Å²) in [7, 11) is -3.37. The van der Waals surface area contributed by atoms with Gasteiger partial charge >= 0.3 is 0 Å². The van der Waals surface area contributed by atoms with Crippen LogP contribution in [0.5, 0.6) is 0 Å². The molecule has 0 saturated carbocycles. The molecule has 0 radical (unpaired) electrons. The van der Waals surface area contributed by atoms with E-state index < -0.39 is 10.0 Å². The Hall–Kier alpha value is -2.22. The molecule has 0 aliphatic carbocycles. The molecule has 22 heavy (non-hydrogen) atoms. The molecule has 0 unspecified atom stereocenters. The Morgan fingerprint density at radius 2 is 1.68 bits per heavy atom. The Bertz CT molecular complexity index is 703. The molecule has 0 bridgehead atoms. The van der Waals surface area contributed by atoms with E-state index in [1.807, 2.05) is 0 Å². The molecule has 2 N–H and O–H groups in total. The predicted octanol–water partition coefficient (Wildman–Crippen LogP) is 2.38. The summed E-state index contributed by atoms with van der Waals surface area (Å²) in [6.45, 7) is 2.25. The van der Waals surface area contributed by atoms with Crippen molar-refractivity contribution in [3.8, 4) is 0 Å². The molecule has 118 valence electrons. The monoisotopic (exact) mass is 324 g/mol. The van der Waals surface area contributed by atoms with E-state index in [2.05, 4.69) is 20.2 Å². The van der Waals surface area contributed by atoms with Crippen LogP contribution >= 0.6 is 0 Å². The number of hydrogen-bond acceptors (Lipinski definition) is 5. The van der Waals surface area contributed by atoms with E-state index >= 15 is 0 Å². The maximum Gasteiger partial charge on any atom is 0.233 e. The van der Waals surface area contributed by atoms with Crippen molar-refractivity contribution < 1.29 is 12.8 Å². The van der Waals surface area contributed by atoms with Gasteiger partial charge in [-0.2, -0.15) is 0 Å². The fourth-order valence-corrected chi connectivity index (χ4v) is 2.82. The SMILES string of the molecule is CCCS(=O)(=O)Nc1ccc(NCc2ccc(F)cc2)nn1. The maximum atomic E-state index is 12.8. The van der Waals surface area contributed by atoms with Crippen molar-refractivity contribution >= 4 is 21.7 Å². The minimum absolute atomic E-state index is 0.0409. The zero-order chi connectivity index (χ0) is 16.0. The molecular formula is C14H17FN4O2S. The van der Waals surface area contributed by atoms with Gasteiger partial charge in [0.2, 0.25) is 10.0 Å². The third-order valence-electron chi connectivity index (χ3n) is 2.78. The van der Waals surface area contributed by atoms with Crippen LogP contribution in [0, 0.1) is 5.82 Å². The van der Waals surface area contributed by atoms with Gasteiger partial charge in [-0.05, 0) is 36.2 Å². The number of aromatic nitrogens is 2. The summed E-state index contributed by atoms with van der Waals surface area (Å²) in [6.07, 6.45) is 0.528. The number of anilines is 2. The zero-order valence-corrected chi connectivity index (χ0v) is 12.9. The summed E-state index contributed by atoms with van der Waals surface area (Å²) < 4.78 is 38.3. The van der Waals surface area contributed by atoms with Crippen molar-refractivity contribution in [2.24, 2.45) is 0 Å². The Morgan fingerprint density at radius 3 is 2.27 bits per heavy atom. The van der Waals surface area contributed by atoms with Crippen LogP contribution in [0.15, 0.2) is 36.4 Å². The van der Waals surface area contributed by atoms with Crippen molar-refractivity contribution in [1.29, 1.82) is 0 Å². The highest BCUT2D eigenvalue weighted by molar-refractivity contribution is 7.92. The van der Waals surface area contributed by atoms with Crippen molar-refractivity contribution in [1.82, 2.24) is 10.2 Å². The molecule has 0 saturated heterocycles. The van der Waals surface area contributed by atoms with E-state index in [0.29, 0.717) is 18.8 Å². The molecule has 0 atom stereocenters. The molecule has 0 spiro atoms. The van der Waals surface area contributed by atoms with Crippen molar-refractivity contribution in [3.05, 3.63) is 47.8 Å². The molecule has 2 rings (SSSR count). The summed E-state index contributed by atoms with van der Waals surface area (Å²) in [5.41, 5.74) is 0.899. The van der Waals surface area contributed by atoms with E-state index in [9.17, 15) is 12.8 Å². The first-order valence-electron chi connectivity index (χ1n) is 6.81. The van der Waals surface area contributed by atoms with Gasteiger partial charge in [-0.1, -0.05) is 19.1 Å². The number of nitrogens with zero attached hydrogens (tertiary/aromatic N) is 2. The number of hydrogen-bond donors (Lipinski definition) is 2. The van der Waals surface area contributed by atoms with Crippen LogP contribution in [0.25, 0.3) is 0 Å². The van der Waals surface area contributed by atoms with Gasteiger partial charge < -0.3 is 5.32 Å². The van der Waals surface area contributed by atoms with Gasteiger partial charge in [0.05, 0.1) is 5.75 Å². The van der Waals surface area contributed by atoms with Gasteiger partial charge in [0.25, 0.3) is 0 Å². The number of sulfonamides is 1. The van der Waals surface area contributed by atoms with E-state index in [4.69, 9.17) is 0 Å². The molecule has 1 aromatic carbocycles. The topological polar surface area (TPSA) is 84.0 Å². The lowest BCUT2D eigenvalue weighted by molar-refractivity contribution is 0.599. The second-order valence-corrected chi connectivity index (χ2v) is 6.55. The average Bonchev–Trinajstić information content (AvgIpc) is 2.48. The van der Waals surface area contributed by atoms with Crippen molar-refractivity contribution in [3.63, 3.8) is 0 Å². The Morgan fingerprint density at radius 1 is 1.05 bits per heavy atom. The van der Waals surface area contributed by atoms with Gasteiger partial charge in [0.1, 0.15) is 11.6 Å². The number of halogens is 1. The summed E-state index contributed by atoms with van der Waals surface area (Å²) in [5.74, 6) is 0.440. The molecule has 2 aromatic rings. The lowest BCUT2D eigenvalue weighted by Crippen LogP contribution is -2.17. The molecule has 1 heterocycles. The largest absolute Gasteiger partial charge is 0.365 e. The average molecular weight is 324 g/mol. The van der Waals surface area contributed by atoms with Gasteiger partial charge in [0, 0.05) is 6.54 Å². The smallest absolute Gasteiger partial charge is 0.233 e. The highest BCUT2D eigenvalue weighted by Gasteiger charge is 2.09. The van der Waals surface area contributed by atoms with Crippen LogP contribution < -0.4 is 10.0 Å². The first kappa shape index (κ1) is 16.2. The second kappa shape index (κ2) is 7.17. The normalized spacial score (nSPS) is 11.2. The molecule has 1 aromatic heterocycles. The van der Waals surface area contributed by atoms with Gasteiger partial charge in [-0.25, -0.2) is 12.8 Å². The van der Waals surface area contributed by atoms with Crippen LogP contribution in [-0.2, 0) is 16.6 Å². The molecule has 0 fully saturated rings. The minimum atomic E-state index is -3.37. The number of benzene rings is 1. The van der Waals surface area contributed by atoms with Crippen molar-refractivity contribution in [2.75, 3.05) is 15.8 Å². The highest BCUT2D eigenvalue weighted by atomic mass is 32.2. The number of nitrogens with one attached hydrogen (secondary N) is 2. The first-order chi connectivity index (χ1) is 10.5. The summed E-state index contributed by atoms with van der Waals surface area (Å²) in [5, 5.41) is 10.7.